The fraction of sp³-hybridized carbons (Fsp3) is 0.889. The van der Waals surface area contributed by atoms with E-state index in [1.165, 1.54) is 19.9 Å². The molecular weight excluding hydrogens is 152 g/mol. The molecule has 0 amide bonds. The summed E-state index contributed by atoms with van der Waals surface area (Å²) in [7, 11) is 0. The van der Waals surface area contributed by atoms with Crippen molar-refractivity contribution in [1.82, 2.24) is 4.90 Å². The van der Waals surface area contributed by atoms with Gasteiger partial charge in [0.25, 0.3) is 0 Å². The summed E-state index contributed by atoms with van der Waals surface area (Å²) in [5.74, 6) is 0. The van der Waals surface area contributed by atoms with Crippen molar-refractivity contribution in [2.24, 2.45) is 0 Å². The van der Waals surface area contributed by atoms with Gasteiger partial charge in [-0.25, -0.2) is 0 Å². The first-order valence-corrected chi connectivity index (χ1v) is 4.46. The highest BCUT2D eigenvalue weighted by atomic mass is 16.5. The van der Waals surface area contributed by atoms with E-state index in [0.29, 0.717) is 0 Å². The summed E-state index contributed by atoms with van der Waals surface area (Å²) in [6.07, 6.45) is 1.26. The Morgan fingerprint density at radius 1 is 1.42 bits per heavy atom. The third kappa shape index (κ3) is 6.14. The van der Waals surface area contributed by atoms with Crippen LogP contribution in [0.2, 0.25) is 0 Å². The van der Waals surface area contributed by atoms with Gasteiger partial charge in [-0.15, -0.1) is 0 Å². The van der Waals surface area contributed by atoms with Gasteiger partial charge in [-0.2, -0.15) is 5.26 Å². The quantitative estimate of drug-likeness (QED) is 0.626. The molecule has 0 saturated carbocycles. The predicted molar refractivity (Wildman–Crippen MR) is 48.8 cm³/mol. The number of nitriles is 1. The molecule has 1 fully saturated rings. The van der Waals surface area contributed by atoms with Crippen LogP contribution in [0, 0.1) is 11.3 Å². The molecule has 0 aliphatic carbocycles. The van der Waals surface area contributed by atoms with Crippen molar-refractivity contribution >= 4 is 0 Å². The summed E-state index contributed by atoms with van der Waals surface area (Å²) in [5, 5.41) is 7.32. The van der Waals surface area contributed by atoms with Gasteiger partial charge in [-0.05, 0) is 13.0 Å². The van der Waals surface area contributed by atoms with Crippen LogP contribution in [0.5, 0.6) is 0 Å². The zero-order valence-electron chi connectivity index (χ0n) is 8.05. The molecule has 1 aliphatic heterocycles. The first kappa shape index (κ1) is 11.4. The van der Waals surface area contributed by atoms with Crippen LogP contribution in [-0.2, 0) is 4.74 Å². The van der Waals surface area contributed by atoms with E-state index >= 15 is 0 Å². The molecule has 1 heterocycles. The molecule has 0 atom stereocenters. The van der Waals surface area contributed by atoms with Crippen LogP contribution in [0.25, 0.3) is 0 Å². The number of ether oxygens (including phenoxy) is 1. The Hall–Kier alpha value is -0.590. The van der Waals surface area contributed by atoms with Crippen molar-refractivity contribution in [1.29, 1.82) is 5.26 Å². The van der Waals surface area contributed by atoms with E-state index in [2.05, 4.69) is 11.8 Å². The fourth-order valence-electron chi connectivity index (χ4n) is 1.14. The molecule has 3 heteroatoms. The van der Waals surface area contributed by atoms with Gasteiger partial charge in [0, 0.05) is 20.0 Å². The molecule has 1 saturated heterocycles. The van der Waals surface area contributed by atoms with Crippen molar-refractivity contribution in [3.63, 3.8) is 0 Å². The summed E-state index contributed by atoms with van der Waals surface area (Å²) in [6, 6.07) is 1.75. The highest BCUT2D eigenvalue weighted by molar-refractivity contribution is 4.59. The number of nitrogens with zero attached hydrogens (tertiary/aromatic N) is 2. The molecule has 0 radical (unpaired) electrons. The molecule has 0 aromatic carbocycles. The molecule has 0 unspecified atom stereocenters. The predicted octanol–water partition coefficient (Wildman–Crippen LogP) is 1.26. The summed E-state index contributed by atoms with van der Waals surface area (Å²) in [4.78, 5) is 2.45. The van der Waals surface area contributed by atoms with Crippen LogP contribution < -0.4 is 0 Å². The van der Waals surface area contributed by atoms with Crippen LogP contribution in [0.1, 0.15) is 20.3 Å². The molecule has 1 rings (SSSR count). The van der Waals surface area contributed by atoms with Gasteiger partial charge in [-0.1, -0.05) is 6.92 Å². The van der Waals surface area contributed by atoms with Gasteiger partial charge in [0.15, 0.2) is 0 Å². The lowest BCUT2D eigenvalue weighted by Gasteiger charge is -2.25. The fourth-order valence-corrected chi connectivity index (χ4v) is 1.14. The molecule has 0 aromatic rings. The lowest BCUT2D eigenvalue weighted by Crippen LogP contribution is -2.36. The van der Waals surface area contributed by atoms with E-state index < -0.39 is 0 Å². The van der Waals surface area contributed by atoms with Gasteiger partial charge >= 0.3 is 0 Å². The molecule has 1 aliphatic rings. The second kappa shape index (κ2) is 8.51. The number of hydrogen-bond donors (Lipinski definition) is 0. The molecule has 0 aromatic heterocycles. The summed E-state index contributed by atoms with van der Waals surface area (Å²) >= 11 is 0. The van der Waals surface area contributed by atoms with Crippen molar-refractivity contribution in [3.05, 3.63) is 0 Å². The minimum atomic E-state index is 0.931. The highest BCUT2D eigenvalue weighted by Crippen LogP contribution is 1.96. The number of hydrogen-bond acceptors (Lipinski definition) is 3. The zero-order valence-corrected chi connectivity index (χ0v) is 8.05. The smallest absolute Gasteiger partial charge is 0.0594 e. The Morgan fingerprint density at radius 2 is 1.92 bits per heavy atom. The van der Waals surface area contributed by atoms with Crippen LogP contribution in [0.15, 0.2) is 0 Å². The average molecular weight is 170 g/mol. The topological polar surface area (TPSA) is 36.3 Å². The molecule has 0 N–H and O–H groups in total. The molecule has 3 nitrogen and oxygen atoms in total. The van der Waals surface area contributed by atoms with E-state index in [-0.39, 0.29) is 0 Å². The maximum absolute atomic E-state index is 7.32. The number of morpholine rings is 1. The van der Waals surface area contributed by atoms with Gasteiger partial charge in [0.05, 0.1) is 19.3 Å². The van der Waals surface area contributed by atoms with Crippen molar-refractivity contribution in [2.75, 3.05) is 32.8 Å². The molecule has 12 heavy (non-hydrogen) atoms. The maximum atomic E-state index is 7.32. The summed E-state index contributed by atoms with van der Waals surface area (Å²) in [6.45, 7) is 9.01. The van der Waals surface area contributed by atoms with Crippen LogP contribution in [0.4, 0.5) is 0 Å². The SMILES string of the molecule is CC#N.CCCN1CCOCC1. The minimum absolute atomic E-state index is 0.931. The van der Waals surface area contributed by atoms with E-state index in [9.17, 15) is 0 Å². The van der Waals surface area contributed by atoms with Gasteiger partial charge in [-0.3, -0.25) is 4.90 Å². The van der Waals surface area contributed by atoms with Crippen LogP contribution in [0.3, 0.4) is 0 Å². The first-order valence-electron chi connectivity index (χ1n) is 4.46. The van der Waals surface area contributed by atoms with Crippen molar-refractivity contribution in [3.8, 4) is 6.07 Å². The van der Waals surface area contributed by atoms with Gasteiger partial charge in [0.2, 0.25) is 0 Å². The van der Waals surface area contributed by atoms with Crippen LogP contribution >= 0.6 is 0 Å². The van der Waals surface area contributed by atoms with Crippen molar-refractivity contribution in [2.45, 2.75) is 20.3 Å². The van der Waals surface area contributed by atoms with Gasteiger partial charge < -0.3 is 4.74 Å². The lowest BCUT2D eigenvalue weighted by atomic mass is 10.4. The Balaban J connectivity index is 0.000000354. The Bertz CT molecular complexity index is 122. The monoisotopic (exact) mass is 170 g/mol. The standard InChI is InChI=1S/C7H15NO.C2H3N/c1-2-3-8-4-6-9-7-5-8;1-2-3/h2-7H2,1H3;1H3. The second-order valence-electron chi connectivity index (χ2n) is 2.68. The molecule has 0 spiro atoms. The van der Waals surface area contributed by atoms with E-state index in [4.69, 9.17) is 10.00 Å². The summed E-state index contributed by atoms with van der Waals surface area (Å²) < 4.78 is 5.20. The largest absolute Gasteiger partial charge is 0.379 e. The zero-order chi connectivity index (χ0) is 9.23. The third-order valence-electron chi connectivity index (χ3n) is 1.64. The van der Waals surface area contributed by atoms with E-state index in [0.717, 1.165) is 26.3 Å². The average Bonchev–Trinajstić information content (AvgIpc) is 2.08. The van der Waals surface area contributed by atoms with E-state index in [1.54, 1.807) is 6.07 Å². The molecule has 70 valence electrons. The van der Waals surface area contributed by atoms with Crippen LogP contribution in [-0.4, -0.2) is 37.7 Å². The Labute approximate surface area is 74.9 Å². The number of rotatable bonds is 2. The Morgan fingerprint density at radius 3 is 2.33 bits per heavy atom. The van der Waals surface area contributed by atoms with Gasteiger partial charge in [0.1, 0.15) is 0 Å². The summed E-state index contributed by atoms with van der Waals surface area (Å²) in [5.41, 5.74) is 0. The normalized spacial score (nSPS) is 17.4. The first-order chi connectivity index (χ1) is 5.85. The Kier molecular flexibility index (Phi) is 8.09. The minimum Gasteiger partial charge on any atom is -0.379 e. The third-order valence-corrected chi connectivity index (χ3v) is 1.64. The van der Waals surface area contributed by atoms with Crippen molar-refractivity contribution < 1.29 is 4.74 Å². The molecule has 0 bridgehead atoms. The highest BCUT2D eigenvalue weighted by Gasteiger charge is 2.07. The maximum Gasteiger partial charge on any atom is 0.0594 e. The van der Waals surface area contributed by atoms with E-state index in [1.807, 2.05) is 0 Å². The lowest BCUT2D eigenvalue weighted by molar-refractivity contribution is 0.0380. The second-order valence-corrected chi connectivity index (χ2v) is 2.68. The molecular formula is C9H18N2O.